The maximum absolute atomic E-state index is 13.5. The summed E-state index contributed by atoms with van der Waals surface area (Å²) in [6, 6.07) is 15.0. The number of carbonyl (C=O) groups is 3. The van der Waals surface area contributed by atoms with Crippen molar-refractivity contribution in [3.63, 3.8) is 0 Å². The SMILES string of the molecule is O=C1c2ccccc2C(=O)N1CCCc1nc2cc(Cl)c(Cl)cc2n1C(=O)c1ccc([N+](=O)[O-])cc1. The van der Waals surface area contributed by atoms with Crippen molar-refractivity contribution in [3.05, 3.63) is 103 Å². The van der Waals surface area contributed by atoms with E-state index >= 15 is 0 Å². The van der Waals surface area contributed by atoms with Crippen molar-refractivity contribution in [2.45, 2.75) is 12.8 Å². The van der Waals surface area contributed by atoms with Gasteiger partial charge >= 0.3 is 0 Å². The molecular weight excluding hydrogens is 507 g/mol. The lowest BCUT2D eigenvalue weighted by Gasteiger charge is -2.14. The summed E-state index contributed by atoms with van der Waals surface area (Å²) in [5.41, 5.74) is 1.67. The smallest absolute Gasteiger partial charge is 0.269 e. The van der Waals surface area contributed by atoms with Crippen LogP contribution in [0.1, 0.15) is 43.3 Å². The lowest BCUT2D eigenvalue weighted by molar-refractivity contribution is -0.384. The molecule has 0 unspecified atom stereocenters. The van der Waals surface area contributed by atoms with Crippen LogP contribution in [0.3, 0.4) is 0 Å². The van der Waals surface area contributed by atoms with E-state index in [1.54, 1.807) is 30.3 Å². The molecule has 0 fully saturated rings. The normalized spacial score (nSPS) is 12.9. The zero-order valence-corrected chi connectivity index (χ0v) is 20.0. The third-order valence-corrected chi connectivity index (χ3v) is 6.68. The van der Waals surface area contributed by atoms with Crippen LogP contribution in [-0.2, 0) is 6.42 Å². The summed E-state index contributed by atoms with van der Waals surface area (Å²) in [6.07, 6.45) is 0.611. The number of amides is 2. The molecule has 0 spiro atoms. The number of carbonyl (C=O) groups excluding carboxylic acids is 3. The van der Waals surface area contributed by atoms with Gasteiger partial charge in [0, 0.05) is 30.7 Å². The van der Waals surface area contributed by atoms with E-state index < -0.39 is 10.8 Å². The van der Waals surface area contributed by atoms with Crippen molar-refractivity contribution in [2.75, 3.05) is 6.54 Å². The average molecular weight is 523 g/mol. The molecule has 9 nitrogen and oxygen atoms in total. The highest BCUT2D eigenvalue weighted by Crippen LogP contribution is 2.30. The zero-order chi connectivity index (χ0) is 25.6. The number of imidazole rings is 1. The number of nitro groups is 1. The molecule has 2 amide bonds. The van der Waals surface area contributed by atoms with Crippen molar-refractivity contribution in [1.29, 1.82) is 0 Å². The topological polar surface area (TPSA) is 115 Å². The third kappa shape index (κ3) is 4.02. The number of nitro benzene ring substituents is 1. The van der Waals surface area contributed by atoms with Gasteiger partial charge in [0.1, 0.15) is 5.82 Å². The van der Waals surface area contributed by atoms with Crippen LogP contribution in [0.5, 0.6) is 0 Å². The molecule has 0 bridgehead atoms. The zero-order valence-electron chi connectivity index (χ0n) is 18.5. The minimum Gasteiger partial charge on any atom is -0.274 e. The van der Waals surface area contributed by atoms with Gasteiger partial charge in [0.05, 0.1) is 37.1 Å². The summed E-state index contributed by atoms with van der Waals surface area (Å²) in [5, 5.41) is 11.5. The van der Waals surface area contributed by atoms with Crippen LogP contribution in [0.15, 0.2) is 60.7 Å². The lowest BCUT2D eigenvalue weighted by Crippen LogP contribution is -2.31. The van der Waals surface area contributed by atoms with Crippen LogP contribution in [-0.4, -0.2) is 43.6 Å². The monoisotopic (exact) mass is 522 g/mol. The van der Waals surface area contributed by atoms with Gasteiger partial charge in [-0.05, 0) is 42.8 Å². The van der Waals surface area contributed by atoms with Crippen LogP contribution >= 0.6 is 23.2 Å². The molecule has 0 saturated carbocycles. The molecule has 36 heavy (non-hydrogen) atoms. The Hall–Kier alpha value is -4.08. The van der Waals surface area contributed by atoms with Crippen molar-refractivity contribution < 1.29 is 19.3 Å². The fourth-order valence-corrected chi connectivity index (χ4v) is 4.53. The number of rotatable bonds is 6. The minimum absolute atomic E-state index is 0.141. The first-order valence-corrected chi connectivity index (χ1v) is 11.6. The first-order valence-electron chi connectivity index (χ1n) is 10.9. The second-order valence-electron chi connectivity index (χ2n) is 8.14. The number of imide groups is 1. The largest absolute Gasteiger partial charge is 0.274 e. The van der Waals surface area contributed by atoms with Crippen LogP contribution in [0.2, 0.25) is 10.0 Å². The van der Waals surface area contributed by atoms with E-state index in [0.717, 1.165) is 0 Å². The Kier molecular flexibility index (Phi) is 6.03. The van der Waals surface area contributed by atoms with Crippen molar-refractivity contribution >= 4 is 57.6 Å². The molecule has 4 aromatic rings. The molecule has 180 valence electrons. The molecule has 5 rings (SSSR count). The summed E-state index contributed by atoms with van der Waals surface area (Å²) in [7, 11) is 0. The van der Waals surface area contributed by atoms with E-state index in [1.807, 2.05) is 0 Å². The van der Waals surface area contributed by atoms with Crippen LogP contribution in [0.4, 0.5) is 5.69 Å². The molecule has 1 aromatic heterocycles. The summed E-state index contributed by atoms with van der Waals surface area (Å²) >= 11 is 12.3. The molecule has 0 saturated heterocycles. The fraction of sp³-hybridized carbons (Fsp3) is 0.120. The Bertz CT molecular complexity index is 1540. The number of aryl methyl sites for hydroxylation is 1. The molecule has 0 radical (unpaired) electrons. The fourth-order valence-electron chi connectivity index (χ4n) is 4.21. The maximum Gasteiger partial charge on any atom is 0.269 e. The van der Waals surface area contributed by atoms with E-state index in [-0.39, 0.29) is 46.1 Å². The summed E-state index contributed by atoms with van der Waals surface area (Å²) < 4.78 is 1.38. The number of hydrogen-bond acceptors (Lipinski definition) is 6. The van der Waals surface area contributed by atoms with Crippen LogP contribution in [0.25, 0.3) is 11.0 Å². The second kappa shape index (κ2) is 9.18. The second-order valence-corrected chi connectivity index (χ2v) is 8.95. The Morgan fingerprint density at radius 3 is 2.17 bits per heavy atom. The maximum atomic E-state index is 13.5. The molecular formula is C25H16Cl2N4O5. The number of aromatic nitrogens is 2. The van der Waals surface area contributed by atoms with Gasteiger partial charge in [-0.2, -0.15) is 0 Å². The Morgan fingerprint density at radius 1 is 0.944 bits per heavy atom. The standard InChI is InChI=1S/C25H16Cl2N4O5/c26-18-12-20-21(13-19(18)27)30(23(32)14-7-9-15(10-8-14)31(35)36)22(28-20)6-3-11-29-24(33)16-4-1-2-5-17(16)25(29)34/h1-2,4-5,7-10,12-13H,3,6,11H2. The number of fused-ring (bicyclic) bond motifs is 2. The molecule has 0 aliphatic carbocycles. The summed E-state index contributed by atoms with van der Waals surface area (Å²) in [6.45, 7) is 0.142. The highest BCUT2D eigenvalue weighted by Gasteiger charge is 2.34. The average Bonchev–Trinajstić information content (AvgIpc) is 3.33. The number of nitrogens with zero attached hydrogens (tertiary/aromatic N) is 4. The molecule has 1 aliphatic rings. The van der Waals surface area contributed by atoms with Gasteiger partial charge < -0.3 is 0 Å². The summed E-state index contributed by atoms with van der Waals surface area (Å²) in [5.74, 6) is -0.793. The number of non-ortho nitro benzene ring substituents is 1. The van der Waals surface area contributed by atoms with E-state index in [1.165, 1.54) is 39.8 Å². The first-order chi connectivity index (χ1) is 17.3. The predicted molar refractivity (Wildman–Crippen MR) is 133 cm³/mol. The first kappa shape index (κ1) is 23.7. The number of benzene rings is 3. The van der Waals surface area contributed by atoms with Gasteiger partial charge in [0.25, 0.3) is 23.4 Å². The van der Waals surface area contributed by atoms with Crippen molar-refractivity contribution in [3.8, 4) is 0 Å². The van der Waals surface area contributed by atoms with Crippen LogP contribution in [0, 0.1) is 10.1 Å². The van der Waals surface area contributed by atoms with Gasteiger partial charge in [0.15, 0.2) is 0 Å². The Labute approximate surface area is 214 Å². The Balaban J connectivity index is 1.44. The lowest BCUT2D eigenvalue weighted by atomic mass is 10.1. The predicted octanol–water partition coefficient (Wildman–Crippen LogP) is 5.17. The van der Waals surface area contributed by atoms with Crippen LogP contribution < -0.4 is 0 Å². The van der Waals surface area contributed by atoms with E-state index in [0.29, 0.717) is 34.4 Å². The minimum atomic E-state index is -0.548. The van der Waals surface area contributed by atoms with E-state index in [9.17, 15) is 24.5 Å². The van der Waals surface area contributed by atoms with Crippen molar-refractivity contribution in [2.24, 2.45) is 0 Å². The van der Waals surface area contributed by atoms with Gasteiger partial charge in [-0.1, -0.05) is 35.3 Å². The molecule has 0 N–H and O–H groups in total. The highest BCUT2D eigenvalue weighted by molar-refractivity contribution is 6.42. The summed E-state index contributed by atoms with van der Waals surface area (Å²) in [4.78, 5) is 54.9. The van der Waals surface area contributed by atoms with Crippen molar-refractivity contribution in [1.82, 2.24) is 14.5 Å². The van der Waals surface area contributed by atoms with E-state index in [4.69, 9.17) is 23.2 Å². The highest BCUT2D eigenvalue weighted by atomic mass is 35.5. The number of hydrogen-bond donors (Lipinski definition) is 0. The molecule has 2 heterocycles. The molecule has 11 heteroatoms. The molecule has 0 atom stereocenters. The number of halogens is 2. The van der Waals surface area contributed by atoms with Gasteiger partial charge in [-0.15, -0.1) is 0 Å². The van der Waals surface area contributed by atoms with Gasteiger partial charge in [-0.25, -0.2) is 4.98 Å². The van der Waals surface area contributed by atoms with Gasteiger partial charge in [-0.3, -0.25) is 34.0 Å². The quantitative estimate of drug-likeness (QED) is 0.196. The Morgan fingerprint density at radius 2 is 1.56 bits per heavy atom. The molecule has 3 aromatic carbocycles. The van der Waals surface area contributed by atoms with Gasteiger partial charge in [0.2, 0.25) is 0 Å². The third-order valence-electron chi connectivity index (χ3n) is 5.95. The van der Waals surface area contributed by atoms with E-state index in [2.05, 4.69) is 4.98 Å². The molecule has 1 aliphatic heterocycles.